The molecule has 3 heterocycles. The van der Waals surface area contributed by atoms with Crippen molar-refractivity contribution in [3.8, 4) is 17.2 Å². The van der Waals surface area contributed by atoms with Crippen molar-refractivity contribution in [1.29, 1.82) is 5.26 Å². The van der Waals surface area contributed by atoms with Gasteiger partial charge in [-0.3, -0.25) is 4.98 Å². The normalized spacial score (nSPS) is 17.8. The molecule has 0 spiro atoms. The van der Waals surface area contributed by atoms with E-state index in [2.05, 4.69) is 41.1 Å². The summed E-state index contributed by atoms with van der Waals surface area (Å²) < 4.78 is 1.22. The van der Waals surface area contributed by atoms with Crippen molar-refractivity contribution in [1.82, 2.24) is 14.9 Å². The molecule has 0 N–H and O–H groups in total. The van der Waals surface area contributed by atoms with Crippen molar-refractivity contribution in [2.45, 2.75) is 32.2 Å². The van der Waals surface area contributed by atoms with Gasteiger partial charge in [-0.15, -0.1) is 11.3 Å². The van der Waals surface area contributed by atoms with E-state index < -0.39 is 0 Å². The monoisotopic (exact) mass is 348 g/mol. The van der Waals surface area contributed by atoms with Crippen LogP contribution in [-0.2, 0) is 6.42 Å². The van der Waals surface area contributed by atoms with Crippen molar-refractivity contribution >= 4 is 21.6 Å². The topological polar surface area (TPSA) is 52.8 Å². The number of benzene rings is 1. The van der Waals surface area contributed by atoms with Gasteiger partial charge in [-0.2, -0.15) is 5.26 Å². The number of thiazole rings is 1. The number of nitrogens with zero attached hydrogens (tertiary/aromatic N) is 4. The lowest BCUT2D eigenvalue weighted by atomic mass is 10.1. The fraction of sp³-hybridized carbons (Fsp3) is 0.350. The predicted octanol–water partition coefficient (Wildman–Crippen LogP) is 4.26. The molecule has 3 aromatic rings. The zero-order chi connectivity index (χ0) is 17.2. The molecular formula is C20H20N4S. The van der Waals surface area contributed by atoms with Gasteiger partial charge in [-0.1, -0.05) is 6.07 Å². The van der Waals surface area contributed by atoms with Crippen LogP contribution in [0.3, 0.4) is 0 Å². The van der Waals surface area contributed by atoms with Crippen LogP contribution in [0, 0.1) is 11.3 Å². The standard InChI is InChI=1S/C20H20N4S/c1-14-3-2-7-24(14)8-6-20-23-18-10-16(4-5-19(18)25-20)17-9-15(11-21)12-22-13-17/h4-5,9-10,12-14H,2-3,6-8H2,1H3. The Morgan fingerprint density at radius 1 is 1.28 bits per heavy atom. The lowest BCUT2D eigenvalue weighted by Gasteiger charge is -2.19. The van der Waals surface area contributed by atoms with Gasteiger partial charge in [0.05, 0.1) is 20.8 Å². The first kappa shape index (κ1) is 16.2. The SMILES string of the molecule is CC1CCCN1CCc1nc2cc(-c3cncc(C#N)c3)ccc2s1. The van der Waals surface area contributed by atoms with E-state index in [0.717, 1.165) is 29.6 Å². The maximum Gasteiger partial charge on any atom is 0.101 e. The molecule has 0 aliphatic carbocycles. The molecule has 1 fully saturated rings. The van der Waals surface area contributed by atoms with Crippen LogP contribution >= 0.6 is 11.3 Å². The highest BCUT2D eigenvalue weighted by molar-refractivity contribution is 7.18. The molecule has 1 aromatic carbocycles. The van der Waals surface area contributed by atoms with Crippen LogP contribution in [0.25, 0.3) is 21.3 Å². The van der Waals surface area contributed by atoms with Crippen LogP contribution in [0.5, 0.6) is 0 Å². The molecule has 1 saturated heterocycles. The van der Waals surface area contributed by atoms with Crippen molar-refractivity contribution in [2.75, 3.05) is 13.1 Å². The third-order valence-electron chi connectivity index (χ3n) is 4.94. The maximum absolute atomic E-state index is 9.05. The molecule has 0 amide bonds. The number of nitriles is 1. The molecule has 5 heteroatoms. The molecule has 126 valence electrons. The van der Waals surface area contributed by atoms with E-state index >= 15 is 0 Å². The van der Waals surface area contributed by atoms with Gasteiger partial charge in [0, 0.05) is 37.0 Å². The van der Waals surface area contributed by atoms with Crippen molar-refractivity contribution in [3.05, 3.63) is 47.2 Å². The van der Waals surface area contributed by atoms with Gasteiger partial charge in [0.15, 0.2) is 0 Å². The number of fused-ring (bicyclic) bond motifs is 1. The minimum absolute atomic E-state index is 0.580. The summed E-state index contributed by atoms with van der Waals surface area (Å²) in [5.41, 5.74) is 3.63. The van der Waals surface area contributed by atoms with Crippen LogP contribution in [0.15, 0.2) is 36.7 Å². The van der Waals surface area contributed by atoms with E-state index in [1.54, 1.807) is 23.7 Å². The quantitative estimate of drug-likeness (QED) is 0.707. The number of hydrogen-bond donors (Lipinski definition) is 0. The van der Waals surface area contributed by atoms with E-state index in [4.69, 9.17) is 10.2 Å². The number of rotatable bonds is 4. The highest BCUT2D eigenvalue weighted by atomic mass is 32.1. The average molecular weight is 348 g/mol. The first-order valence-corrected chi connectivity index (χ1v) is 9.53. The Balaban J connectivity index is 1.55. The van der Waals surface area contributed by atoms with Gasteiger partial charge in [0.2, 0.25) is 0 Å². The van der Waals surface area contributed by atoms with Gasteiger partial charge in [0.25, 0.3) is 0 Å². The van der Waals surface area contributed by atoms with E-state index in [-0.39, 0.29) is 0 Å². The highest BCUT2D eigenvalue weighted by Gasteiger charge is 2.20. The second kappa shape index (κ2) is 6.91. The van der Waals surface area contributed by atoms with Crippen LogP contribution in [-0.4, -0.2) is 34.0 Å². The lowest BCUT2D eigenvalue weighted by molar-refractivity contribution is 0.272. The summed E-state index contributed by atoms with van der Waals surface area (Å²) in [5, 5.41) is 10.3. The van der Waals surface area contributed by atoms with E-state index in [1.807, 2.05) is 6.07 Å². The minimum atomic E-state index is 0.580. The molecule has 25 heavy (non-hydrogen) atoms. The zero-order valence-electron chi connectivity index (χ0n) is 14.3. The Bertz CT molecular complexity index is 940. The number of likely N-dealkylation sites (tertiary alicyclic amines) is 1. The van der Waals surface area contributed by atoms with Gasteiger partial charge < -0.3 is 4.90 Å². The molecule has 4 rings (SSSR count). The Kier molecular flexibility index (Phi) is 4.48. The summed E-state index contributed by atoms with van der Waals surface area (Å²) in [6.07, 6.45) is 7.04. The lowest BCUT2D eigenvalue weighted by Crippen LogP contribution is -2.28. The summed E-state index contributed by atoms with van der Waals surface area (Å²) in [6, 6.07) is 11.0. The summed E-state index contributed by atoms with van der Waals surface area (Å²) in [7, 11) is 0. The molecule has 1 aliphatic rings. The summed E-state index contributed by atoms with van der Waals surface area (Å²) in [5.74, 6) is 0. The van der Waals surface area contributed by atoms with E-state index in [1.165, 1.54) is 29.1 Å². The summed E-state index contributed by atoms with van der Waals surface area (Å²) in [6.45, 7) is 4.64. The molecule has 0 saturated carbocycles. The smallest absolute Gasteiger partial charge is 0.101 e. The summed E-state index contributed by atoms with van der Waals surface area (Å²) in [4.78, 5) is 11.6. The number of aromatic nitrogens is 2. The van der Waals surface area contributed by atoms with Crippen LogP contribution < -0.4 is 0 Å². The average Bonchev–Trinajstić information content (AvgIpc) is 3.24. The third kappa shape index (κ3) is 3.41. The van der Waals surface area contributed by atoms with Crippen molar-refractivity contribution in [2.24, 2.45) is 0 Å². The van der Waals surface area contributed by atoms with Gasteiger partial charge in [0.1, 0.15) is 6.07 Å². The largest absolute Gasteiger partial charge is 0.300 e. The van der Waals surface area contributed by atoms with Gasteiger partial charge in [-0.25, -0.2) is 4.98 Å². The first-order chi connectivity index (χ1) is 12.2. The van der Waals surface area contributed by atoms with Gasteiger partial charge >= 0.3 is 0 Å². The number of hydrogen-bond acceptors (Lipinski definition) is 5. The highest BCUT2D eigenvalue weighted by Crippen LogP contribution is 2.28. The molecule has 0 radical (unpaired) electrons. The molecule has 1 atom stereocenters. The Morgan fingerprint density at radius 3 is 3.00 bits per heavy atom. The zero-order valence-corrected chi connectivity index (χ0v) is 15.1. The predicted molar refractivity (Wildman–Crippen MR) is 102 cm³/mol. The van der Waals surface area contributed by atoms with Gasteiger partial charge in [-0.05, 0) is 50.1 Å². The third-order valence-corrected chi connectivity index (χ3v) is 6.03. The first-order valence-electron chi connectivity index (χ1n) is 8.72. The molecule has 2 aromatic heterocycles. The summed E-state index contributed by atoms with van der Waals surface area (Å²) >= 11 is 1.79. The van der Waals surface area contributed by atoms with E-state index in [9.17, 15) is 0 Å². The molecule has 0 bridgehead atoms. The molecule has 1 unspecified atom stereocenters. The fourth-order valence-electron chi connectivity index (χ4n) is 3.48. The minimum Gasteiger partial charge on any atom is -0.300 e. The molecule has 4 nitrogen and oxygen atoms in total. The van der Waals surface area contributed by atoms with E-state index in [0.29, 0.717) is 11.6 Å². The van der Waals surface area contributed by atoms with Crippen molar-refractivity contribution < 1.29 is 0 Å². The maximum atomic E-state index is 9.05. The second-order valence-corrected chi connectivity index (χ2v) is 7.76. The van der Waals surface area contributed by atoms with Crippen LogP contribution in [0.4, 0.5) is 0 Å². The number of pyridine rings is 1. The van der Waals surface area contributed by atoms with Crippen molar-refractivity contribution in [3.63, 3.8) is 0 Å². The molecule has 1 aliphatic heterocycles. The Labute approximate surface area is 151 Å². The Morgan fingerprint density at radius 2 is 2.20 bits per heavy atom. The Hall–Kier alpha value is -2.29. The van der Waals surface area contributed by atoms with Crippen LogP contribution in [0.1, 0.15) is 30.3 Å². The van der Waals surface area contributed by atoms with Crippen LogP contribution in [0.2, 0.25) is 0 Å². The molecular weight excluding hydrogens is 328 g/mol. The second-order valence-electron chi connectivity index (χ2n) is 6.64. The fourth-order valence-corrected chi connectivity index (χ4v) is 4.42.